The normalized spacial score (nSPS) is 12.3. The monoisotopic (exact) mass is 475 g/mol. The summed E-state index contributed by atoms with van der Waals surface area (Å²) in [6.07, 6.45) is -4.56. The van der Waals surface area contributed by atoms with Crippen LogP contribution in [0.5, 0.6) is 0 Å². The molecule has 0 unspecified atom stereocenters. The molecule has 0 amide bonds. The summed E-state index contributed by atoms with van der Waals surface area (Å²) in [5.74, 6) is 0. The predicted molar refractivity (Wildman–Crippen MR) is 91.2 cm³/mol. The van der Waals surface area contributed by atoms with Crippen molar-refractivity contribution in [3.63, 3.8) is 0 Å². The molecule has 0 aliphatic rings. The van der Waals surface area contributed by atoms with E-state index in [1.807, 2.05) is 0 Å². The first kappa shape index (κ1) is 18.3. The summed E-state index contributed by atoms with van der Waals surface area (Å²) >= 11 is 7.43. The van der Waals surface area contributed by atoms with Crippen LogP contribution >= 0.6 is 34.2 Å². The van der Waals surface area contributed by atoms with Crippen LogP contribution in [-0.2, 0) is 16.2 Å². The van der Waals surface area contributed by atoms with E-state index in [1.165, 1.54) is 12.1 Å². The van der Waals surface area contributed by atoms with Crippen molar-refractivity contribution in [2.45, 2.75) is 18.0 Å². The van der Waals surface area contributed by atoms with Gasteiger partial charge in [0, 0.05) is 3.57 Å². The summed E-state index contributed by atoms with van der Waals surface area (Å²) in [7, 11) is -3.94. The number of hydrogen-bond acceptors (Lipinski definition) is 2. The zero-order chi connectivity index (χ0) is 17.4. The number of hydrogen-bond donors (Lipinski definition) is 1. The third kappa shape index (κ3) is 4.30. The Kier molecular flexibility index (Phi) is 5.17. The maximum absolute atomic E-state index is 12.7. The SMILES string of the molecule is Cc1ccc(S(=O)(=O)Nc2c(Cl)cc(C(F)(F)F)cc2I)cc1. The number of aryl methyl sites for hydroxylation is 1. The summed E-state index contributed by atoms with van der Waals surface area (Å²) in [6, 6.07) is 7.57. The first-order valence-corrected chi connectivity index (χ1v) is 9.10. The predicted octanol–water partition coefficient (Wildman–Crippen LogP) is 5.07. The molecule has 0 fully saturated rings. The molecule has 0 bridgehead atoms. The third-order valence-corrected chi connectivity index (χ3v) is 5.45. The van der Waals surface area contributed by atoms with Crippen LogP contribution in [-0.4, -0.2) is 8.42 Å². The van der Waals surface area contributed by atoms with Gasteiger partial charge >= 0.3 is 6.18 Å². The second-order valence-corrected chi connectivity index (χ2v) is 7.98. The Morgan fingerprint density at radius 1 is 1.13 bits per heavy atom. The van der Waals surface area contributed by atoms with E-state index in [-0.39, 0.29) is 19.2 Å². The van der Waals surface area contributed by atoms with E-state index in [4.69, 9.17) is 11.6 Å². The zero-order valence-electron chi connectivity index (χ0n) is 11.6. The standard InChI is InChI=1S/C14H10ClF3INO2S/c1-8-2-4-10(5-3-8)23(21,22)20-13-11(15)6-9(7-12(13)19)14(16,17)18/h2-7,20H,1H3. The minimum Gasteiger partial charge on any atom is -0.277 e. The first-order chi connectivity index (χ1) is 10.5. The molecule has 0 aliphatic carbocycles. The van der Waals surface area contributed by atoms with Gasteiger partial charge in [-0.1, -0.05) is 29.3 Å². The van der Waals surface area contributed by atoms with Crippen molar-refractivity contribution in [1.82, 2.24) is 0 Å². The van der Waals surface area contributed by atoms with Gasteiger partial charge in [0.05, 0.1) is 21.2 Å². The molecular formula is C14H10ClF3INO2S. The summed E-state index contributed by atoms with van der Waals surface area (Å²) in [6.45, 7) is 1.81. The number of benzene rings is 2. The van der Waals surface area contributed by atoms with Crippen LogP contribution in [0.15, 0.2) is 41.3 Å². The number of rotatable bonds is 3. The van der Waals surface area contributed by atoms with Crippen LogP contribution in [0.1, 0.15) is 11.1 Å². The Hall–Kier alpha value is -1.00. The molecule has 0 spiro atoms. The van der Waals surface area contributed by atoms with Crippen molar-refractivity contribution in [3.05, 3.63) is 56.1 Å². The summed E-state index contributed by atoms with van der Waals surface area (Å²) in [5, 5.41) is -0.320. The molecule has 0 aliphatic heterocycles. The minimum atomic E-state index is -4.56. The number of anilines is 1. The topological polar surface area (TPSA) is 46.2 Å². The fourth-order valence-electron chi connectivity index (χ4n) is 1.75. The third-order valence-electron chi connectivity index (χ3n) is 2.94. The van der Waals surface area contributed by atoms with Crippen LogP contribution in [0, 0.1) is 10.5 Å². The Labute approximate surface area is 150 Å². The molecule has 2 aromatic rings. The van der Waals surface area contributed by atoms with Crippen molar-refractivity contribution >= 4 is 49.9 Å². The van der Waals surface area contributed by atoms with Gasteiger partial charge in [-0.05, 0) is 53.8 Å². The molecule has 0 saturated heterocycles. The van der Waals surface area contributed by atoms with Crippen LogP contribution < -0.4 is 4.72 Å². The Morgan fingerprint density at radius 2 is 1.70 bits per heavy atom. The van der Waals surface area contributed by atoms with E-state index in [2.05, 4.69) is 4.72 Å². The molecule has 9 heteroatoms. The summed E-state index contributed by atoms with van der Waals surface area (Å²) < 4.78 is 65.1. The number of halogens is 5. The first-order valence-electron chi connectivity index (χ1n) is 6.16. The second-order valence-electron chi connectivity index (χ2n) is 4.73. The van der Waals surface area contributed by atoms with Gasteiger partial charge < -0.3 is 0 Å². The zero-order valence-corrected chi connectivity index (χ0v) is 15.3. The highest BCUT2D eigenvalue weighted by molar-refractivity contribution is 14.1. The molecule has 1 N–H and O–H groups in total. The van der Waals surface area contributed by atoms with Gasteiger partial charge in [-0.3, -0.25) is 4.72 Å². The average molecular weight is 476 g/mol. The van der Waals surface area contributed by atoms with Gasteiger partial charge in [0.2, 0.25) is 0 Å². The van der Waals surface area contributed by atoms with E-state index in [0.29, 0.717) is 6.07 Å². The van der Waals surface area contributed by atoms with E-state index >= 15 is 0 Å². The van der Waals surface area contributed by atoms with Crippen molar-refractivity contribution in [1.29, 1.82) is 0 Å². The number of nitrogens with one attached hydrogen (secondary N) is 1. The van der Waals surface area contributed by atoms with E-state index < -0.39 is 21.8 Å². The van der Waals surface area contributed by atoms with E-state index in [1.54, 1.807) is 41.6 Å². The van der Waals surface area contributed by atoms with Gasteiger partial charge in [0.15, 0.2) is 0 Å². The second kappa shape index (κ2) is 6.48. The molecule has 2 aromatic carbocycles. The number of sulfonamides is 1. The Balaban J connectivity index is 2.42. The lowest BCUT2D eigenvalue weighted by Crippen LogP contribution is -2.15. The molecular weight excluding hydrogens is 466 g/mol. The Bertz CT molecular complexity index is 813. The summed E-state index contributed by atoms with van der Waals surface area (Å²) in [5.41, 5.74) is -0.142. The van der Waals surface area contributed by atoms with E-state index in [0.717, 1.165) is 11.6 Å². The highest BCUT2D eigenvalue weighted by atomic mass is 127. The highest BCUT2D eigenvalue weighted by Crippen LogP contribution is 2.37. The number of alkyl halides is 3. The molecule has 0 aromatic heterocycles. The molecule has 0 atom stereocenters. The molecule has 0 saturated carbocycles. The lowest BCUT2D eigenvalue weighted by atomic mass is 10.2. The molecule has 2 rings (SSSR count). The van der Waals surface area contributed by atoms with Gasteiger partial charge in [0.25, 0.3) is 10.0 Å². The maximum atomic E-state index is 12.7. The maximum Gasteiger partial charge on any atom is 0.416 e. The quantitative estimate of drug-likeness (QED) is 0.630. The smallest absolute Gasteiger partial charge is 0.277 e. The Morgan fingerprint density at radius 3 is 2.17 bits per heavy atom. The van der Waals surface area contributed by atoms with Gasteiger partial charge in [-0.15, -0.1) is 0 Å². The van der Waals surface area contributed by atoms with Gasteiger partial charge in [0.1, 0.15) is 0 Å². The molecule has 124 valence electrons. The van der Waals surface area contributed by atoms with Crippen molar-refractivity contribution < 1.29 is 21.6 Å². The molecule has 0 radical (unpaired) electrons. The highest BCUT2D eigenvalue weighted by Gasteiger charge is 2.32. The minimum absolute atomic E-state index is 0.00476. The van der Waals surface area contributed by atoms with Crippen molar-refractivity contribution in [2.24, 2.45) is 0 Å². The molecule has 3 nitrogen and oxygen atoms in total. The van der Waals surface area contributed by atoms with Crippen LogP contribution in [0.2, 0.25) is 5.02 Å². The van der Waals surface area contributed by atoms with Crippen LogP contribution in [0.25, 0.3) is 0 Å². The molecule has 0 heterocycles. The fraction of sp³-hybridized carbons (Fsp3) is 0.143. The lowest BCUT2D eigenvalue weighted by Gasteiger charge is -2.14. The van der Waals surface area contributed by atoms with Gasteiger partial charge in [-0.2, -0.15) is 13.2 Å². The largest absolute Gasteiger partial charge is 0.416 e. The van der Waals surface area contributed by atoms with Crippen molar-refractivity contribution in [2.75, 3.05) is 4.72 Å². The summed E-state index contributed by atoms with van der Waals surface area (Å²) in [4.78, 5) is -0.00476. The van der Waals surface area contributed by atoms with Crippen molar-refractivity contribution in [3.8, 4) is 0 Å². The fourth-order valence-corrected chi connectivity index (χ4v) is 4.27. The van der Waals surface area contributed by atoms with E-state index in [9.17, 15) is 21.6 Å². The van der Waals surface area contributed by atoms with Crippen LogP contribution in [0.4, 0.5) is 18.9 Å². The van der Waals surface area contributed by atoms with Gasteiger partial charge in [-0.25, -0.2) is 8.42 Å². The lowest BCUT2D eigenvalue weighted by molar-refractivity contribution is -0.137. The molecule has 23 heavy (non-hydrogen) atoms. The average Bonchev–Trinajstić information content (AvgIpc) is 2.42. The van der Waals surface area contributed by atoms with Crippen LogP contribution in [0.3, 0.4) is 0 Å².